The number of carbonyl (C=O) groups excluding carboxylic acids is 1. The minimum atomic E-state index is -0.328. The van der Waals surface area contributed by atoms with Crippen LogP contribution in [0.1, 0.15) is 72.7 Å². The maximum Gasteiger partial charge on any atom is 0.303 e. The molecule has 0 saturated heterocycles. The molecule has 5 heteroatoms. The Balaban J connectivity index is 0.000000387. The molecule has 0 aliphatic carbocycles. The monoisotopic (exact) mass is 371 g/mol. The lowest BCUT2D eigenvalue weighted by Crippen LogP contribution is -2.21. The van der Waals surface area contributed by atoms with Gasteiger partial charge in [-0.1, -0.05) is 6.08 Å². The summed E-state index contributed by atoms with van der Waals surface area (Å²) in [5, 5.41) is 4.38. The number of esters is 1. The first-order valence-electron chi connectivity index (χ1n) is 9.28. The average Bonchev–Trinajstić information content (AvgIpc) is 3.03. The van der Waals surface area contributed by atoms with Gasteiger partial charge < -0.3 is 4.74 Å². The van der Waals surface area contributed by atoms with Crippen LogP contribution in [0.15, 0.2) is 30.7 Å². The fourth-order valence-electron chi connectivity index (χ4n) is 2.45. The quantitative estimate of drug-likeness (QED) is 0.658. The van der Waals surface area contributed by atoms with Gasteiger partial charge in [0.05, 0.1) is 6.20 Å². The lowest BCUT2D eigenvalue weighted by atomic mass is 10.0. The van der Waals surface area contributed by atoms with Gasteiger partial charge in [-0.3, -0.25) is 14.5 Å². The zero-order chi connectivity index (χ0) is 20.8. The second-order valence-electron chi connectivity index (χ2n) is 7.84. The predicted molar refractivity (Wildman–Crippen MR) is 111 cm³/mol. The second-order valence-corrected chi connectivity index (χ2v) is 7.84. The highest BCUT2D eigenvalue weighted by Gasteiger charge is 2.11. The lowest BCUT2D eigenvalue weighted by molar-refractivity contribution is -0.151. The number of hydrogen-bond donors (Lipinski definition) is 0. The third kappa shape index (κ3) is 7.37. The molecule has 2 rings (SSSR count). The summed E-state index contributed by atoms with van der Waals surface area (Å²) in [5.74, 6) is -0.225. The van der Waals surface area contributed by atoms with E-state index in [0.717, 1.165) is 16.8 Å². The summed E-state index contributed by atoms with van der Waals surface area (Å²) in [6.07, 6.45) is 8.02. The van der Waals surface area contributed by atoms with Gasteiger partial charge in [-0.05, 0) is 72.6 Å². The van der Waals surface area contributed by atoms with Crippen LogP contribution in [0.3, 0.4) is 0 Å². The normalized spacial score (nSPS) is 11.9. The van der Waals surface area contributed by atoms with Crippen molar-refractivity contribution in [3.8, 4) is 11.1 Å². The Hall–Kier alpha value is -2.43. The molecule has 0 aromatic carbocycles. The molecule has 5 nitrogen and oxygen atoms in total. The van der Waals surface area contributed by atoms with E-state index >= 15 is 0 Å². The minimum absolute atomic E-state index is 0.225. The molecular formula is C22H33N3O2. The van der Waals surface area contributed by atoms with Crippen LogP contribution in [0.4, 0.5) is 0 Å². The Labute approximate surface area is 163 Å². The zero-order valence-electron chi connectivity index (χ0n) is 18.1. The number of rotatable bonds is 3. The molecule has 0 aliphatic rings. The van der Waals surface area contributed by atoms with Gasteiger partial charge in [0, 0.05) is 42.2 Å². The summed E-state index contributed by atoms with van der Waals surface area (Å²) in [7, 11) is 0. The summed E-state index contributed by atoms with van der Waals surface area (Å²) in [6.45, 7) is 17.4. The summed E-state index contributed by atoms with van der Waals surface area (Å²) in [5.41, 5.74) is 5.43. The molecule has 0 unspecified atom stereocenters. The molecule has 148 valence electrons. The molecule has 0 spiro atoms. The summed E-state index contributed by atoms with van der Waals surface area (Å²) < 4.78 is 6.77. The van der Waals surface area contributed by atoms with E-state index in [2.05, 4.69) is 56.1 Å². The van der Waals surface area contributed by atoms with Crippen LogP contribution < -0.4 is 0 Å². The molecule has 0 fully saturated rings. The SMILES string of the molecule is C/C=C(/C)c1cc(-c2cnn(C(C)C)c2)cnc1C.CC(=O)OC(C)(C)C. The molecule has 2 aromatic rings. The highest BCUT2D eigenvalue weighted by molar-refractivity contribution is 5.71. The van der Waals surface area contributed by atoms with E-state index in [9.17, 15) is 4.79 Å². The number of hydrogen-bond acceptors (Lipinski definition) is 4. The minimum Gasteiger partial charge on any atom is -0.460 e. The number of allylic oxidation sites excluding steroid dienone is 2. The number of nitrogens with zero attached hydrogens (tertiary/aromatic N) is 3. The van der Waals surface area contributed by atoms with Gasteiger partial charge in [-0.15, -0.1) is 0 Å². The molecule has 2 heterocycles. The van der Waals surface area contributed by atoms with Crippen molar-refractivity contribution in [2.75, 3.05) is 0 Å². The van der Waals surface area contributed by atoms with Crippen molar-refractivity contribution in [3.63, 3.8) is 0 Å². The van der Waals surface area contributed by atoms with E-state index in [1.54, 1.807) is 0 Å². The van der Waals surface area contributed by atoms with Crippen LogP contribution in [-0.4, -0.2) is 26.3 Å². The maximum absolute atomic E-state index is 10.2. The molecule has 27 heavy (non-hydrogen) atoms. The van der Waals surface area contributed by atoms with Gasteiger partial charge >= 0.3 is 5.97 Å². The highest BCUT2D eigenvalue weighted by atomic mass is 16.6. The van der Waals surface area contributed by atoms with Gasteiger partial charge in [0.2, 0.25) is 0 Å². The topological polar surface area (TPSA) is 57.0 Å². The van der Waals surface area contributed by atoms with Gasteiger partial charge in [0.25, 0.3) is 0 Å². The first kappa shape index (κ1) is 22.6. The largest absolute Gasteiger partial charge is 0.460 e. The van der Waals surface area contributed by atoms with Crippen LogP contribution in [0.25, 0.3) is 16.7 Å². The van der Waals surface area contributed by atoms with Crippen molar-refractivity contribution >= 4 is 11.5 Å². The van der Waals surface area contributed by atoms with Crippen molar-refractivity contribution in [2.45, 2.75) is 74.0 Å². The van der Waals surface area contributed by atoms with Crippen LogP contribution in [-0.2, 0) is 9.53 Å². The van der Waals surface area contributed by atoms with E-state index in [1.165, 1.54) is 18.1 Å². The lowest BCUT2D eigenvalue weighted by Gasteiger charge is -2.17. The Morgan fingerprint density at radius 2 is 1.81 bits per heavy atom. The first-order valence-corrected chi connectivity index (χ1v) is 9.28. The van der Waals surface area contributed by atoms with E-state index in [1.807, 2.05) is 44.8 Å². The van der Waals surface area contributed by atoms with E-state index in [4.69, 9.17) is 4.74 Å². The molecule has 2 aromatic heterocycles. The van der Waals surface area contributed by atoms with Crippen molar-refractivity contribution in [2.24, 2.45) is 0 Å². The third-order valence-electron chi connectivity index (χ3n) is 3.86. The molecule has 0 bridgehead atoms. The van der Waals surface area contributed by atoms with Crippen molar-refractivity contribution < 1.29 is 9.53 Å². The Kier molecular flexibility index (Phi) is 7.95. The van der Waals surface area contributed by atoms with Gasteiger partial charge in [-0.2, -0.15) is 5.10 Å². The highest BCUT2D eigenvalue weighted by Crippen LogP contribution is 2.25. The molecular weight excluding hydrogens is 338 g/mol. The number of carbonyl (C=O) groups is 1. The molecule has 0 radical (unpaired) electrons. The number of pyridine rings is 1. The first-order chi connectivity index (χ1) is 12.4. The summed E-state index contributed by atoms with van der Waals surface area (Å²) in [4.78, 5) is 14.7. The molecule has 0 aliphatic heterocycles. The summed E-state index contributed by atoms with van der Waals surface area (Å²) >= 11 is 0. The number of aromatic nitrogens is 3. The zero-order valence-corrected chi connectivity index (χ0v) is 18.1. The fraction of sp³-hybridized carbons (Fsp3) is 0.500. The molecule has 0 N–H and O–H groups in total. The molecule has 0 amide bonds. The van der Waals surface area contributed by atoms with Crippen LogP contribution in [0.5, 0.6) is 0 Å². The standard InChI is InChI=1S/C16H21N3.C6H12O2/c1-6-12(4)16-7-14(8-17-13(16)5)15-9-18-19(10-15)11(2)3;1-5(7)8-6(2,3)4/h6-11H,1-5H3;1-4H3/b12-6-;. The third-order valence-corrected chi connectivity index (χ3v) is 3.86. The van der Waals surface area contributed by atoms with E-state index < -0.39 is 0 Å². The predicted octanol–water partition coefficient (Wildman–Crippen LogP) is 5.61. The molecule has 0 saturated carbocycles. The Morgan fingerprint density at radius 1 is 1.19 bits per heavy atom. The molecule has 0 atom stereocenters. The second kappa shape index (κ2) is 9.49. The Bertz CT molecular complexity index is 796. The van der Waals surface area contributed by atoms with Gasteiger partial charge in [0.1, 0.15) is 5.60 Å². The van der Waals surface area contributed by atoms with E-state index in [-0.39, 0.29) is 11.6 Å². The van der Waals surface area contributed by atoms with Crippen molar-refractivity contribution in [1.82, 2.24) is 14.8 Å². The van der Waals surface area contributed by atoms with Crippen LogP contribution in [0, 0.1) is 6.92 Å². The smallest absolute Gasteiger partial charge is 0.303 e. The average molecular weight is 372 g/mol. The van der Waals surface area contributed by atoms with Gasteiger partial charge in [0.15, 0.2) is 0 Å². The number of aryl methyl sites for hydroxylation is 1. The number of ether oxygens (including phenoxy) is 1. The fourth-order valence-corrected chi connectivity index (χ4v) is 2.45. The van der Waals surface area contributed by atoms with E-state index in [0.29, 0.717) is 6.04 Å². The maximum atomic E-state index is 10.2. The van der Waals surface area contributed by atoms with Gasteiger partial charge in [-0.25, -0.2) is 0 Å². The van der Waals surface area contributed by atoms with Crippen molar-refractivity contribution in [1.29, 1.82) is 0 Å². The van der Waals surface area contributed by atoms with Crippen molar-refractivity contribution in [3.05, 3.63) is 42.0 Å². The van der Waals surface area contributed by atoms with Crippen LogP contribution >= 0.6 is 0 Å². The Morgan fingerprint density at radius 3 is 2.22 bits per heavy atom. The summed E-state index contributed by atoms with van der Waals surface area (Å²) in [6, 6.07) is 2.57. The van der Waals surface area contributed by atoms with Crippen LogP contribution in [0.2, 0.25) is 0 Å².